The van der Waals surface area contributed by atoms with Crippen LogP contribution >= 0.6 is 0 Å². The van der Waals surface area contributed by atoms with Gasteiger partial charge >= 0.3 is 6.09 Å². The molecule has 3 fully saturated rings. The summed E-state index contributed by atoms with van der Waals surface area (Å²) < 4.78 is 12.1. The van der Waals surface area contributed by atoms with Crippen LogP contribution in [0.2, 0.25) is 0 Å². The summed E-state index contributed by atoms with van der Waals surface area (Å²) >= 11 is 0. The molecule has 7 heteroatoms. The highest BCUT2D eigenvalue weighted by Crippen LogP contribution is 2.62. The third kappa shape index (κ3) is 5.15. The van der Waals surface area contributed by atoms with Crippen LogP contribution in [-0.4, -0.2) is 63.7 Å². The van der Waals surface area contributed by atoms with Crippen LogP contribution in [0.25, 0.3) is 17.2 Å². The number of carbonyl (C=O) groups excluding carboxylic acids is 3. The molecule has 3 atom stereocenters. The maximum absolute atomic E-state index is 13.3. The Morgan fingerprint density at radius 3 is 2.32 bits per heavy atom. The minimum Gasteiger partial charge on any atom is -0.444 e. The Kier molecular flexibility index (Phi) is 6.94. The van der Waals surface area contributed by atoms with E-state index in [-0.39, 0.29) is 47.4 Å². The quantitative estimate of drug-likeness (QED) is 0.435. The fourth-order valence-corrected chi connectivity index (χ4v) is 6.91. The Morgan fingerprint density at radius 2 is 1.68 bits per heavy atom. The maximum Gasteiger partial charge on any atom is 0.411 e. The lowest BCUT2D eigenvalue weighted by Gasteiger charge is -2.53. The second-order valence-electron chi connectivity index (χ2n) is 13.2. The molecule has 216 valence electrons. The van der Waals surface area contributed by atoms with E-state index in [0.717, 1.165) is 60.8 Å². The largest absolute Gasteiger partial charge is 0.444 e. The van der Waals surface area contributed by atoms with Crippen LogP contribution in [0, 0.1) is 5.92 Å². The lowest BCUT2D eigenvalue weighted by molar-refractivity contribution is -0.147. The standard InChI is InChI=1S/C34H39NO6/c1-32(2,3)41-31(39)35-33(14-15-33)16-17-34(35)13-12-30(34)40-21-29(38)27-11-10-25-18-24(8-9-26(25)19-27)22-4-6-23(7-5-22)28(37)20-36/h4-11,18,27,30,36H,12-17,19-21H2,1-3H3. The lowest BCUT2D eigenvalue weighted by atomic mass is 9.71. The minimum atomic E-state index is -0.553. The first-order valence-electron chi connectivity index (χ1n) is 14.8. The summed E-state index contributed by atoms with van der Waals surface area (Å²) in [5.74, 6) is -0.480. The van der Waals surface area contributed by atoms with E-state index in [2.05, 4.69) is 12.1 Å². The molecule has 0 bridgehead atoms. The molecule has 7 nitrogen and oxygen atoms in total. The Morgan fingerprint density at radius 1 is 0.976 bits per heavy atom. The highest BCUT2D eigenvalue weighted by molar-refractivity contribution is 5.97. The molecule has 1 heterocycles. The number of carbonyl (C=O) groups is 3. The average molecular weight is 558 g/mol. The molecular formula is C34H39NO6. The predicted molar refractivity (Wildman–Crippen MR) is 156 cm³/mol. The number of amides is 1. The number of aliphatic hydroxyl groups is 1. The second kappa shape index (κ2) is 10.2. The van der Waals surface area contributed by atoms with E-state index in [1.165, 1.54) is 0 Å². The van der Waals surface area contributed by atoms with Crippen LogP contribution in [0.3, 0.4) is 0 Å². The monoisotopic (exact) mass is 557 g/mol. The Bertz CT molecular complexity index is 1400. The zero-order chi connectivity index (χ0) is 29.0. The zero-order valence-corrected chi connectivity index (χ0v) is 24.2. The maximum atomic E-state index is 13.3. The van der Waals surface area contributed by atoms with Crippen LogP contribution in [0.4, 0.5) is 4.79 Å². The molecule has 2 saturated carbocycles. The number of ketones is 2. The summed E-state index contributed by atoms with van der Waals surface area (Å²) in [6.45, 7) is 5.25. The van der Waals surface area contributed by atoms with Gasteiger partial charge in [0, 0.05) is 17.0 Å². The summed E-state index contributed by atoms with van der Waals surface area (Å²) in [6, 6.07) is 13.4. The van der Waals surface area contributed by atoms with Crippen molar-refractivity contribution in [3.63, 3.8) is 0 Å². The molecule has 1 N–H and O–H groups in total. The van der Waals surface area contributed by atoms with Gasteiger partial charge in [-0.3, -0.25) is 14.5 Å². The second-order valence-corrected chi connectivity index (χ2v) is 13.2. The topological polar surface area (TPSA) is 93.1 Å². The molecule has 3 unspecified atom stereocenters. The molecule has 1 amide bonds. The van der Waals surface area contributed by atoms with Crippen LogP contribution in [0.1, 0.15) is 80.8 Å². The van der Waals surface area contributed by atoms with Gasteiger partial charge < -0.3 is 14.6 Å². The number of ether oxygens (including phenoxy) is 2. The van der Waals surface area contributed by atoms with Crippen molar-refractivity contribution in [3.05, 3.63) is 65.2 Å². The van der Waals surface area contributed by atoms with Gasteiger partial charge in [0.15, 0.2) is 11.6 Å². The van der Waals surface area contributed by atoms with Gasteiger partial charge in [-0.2, -0.15) is 0 Å². The van der Waals surface area contributed by atoms with Crippen molar-refractivity contribution in [2.75, 3.05) is 13.2 Å². The van der Waals surface area contributed by atoms with Gasteiger partial charge in [-0.15, -0.1) is 0 Å². The number of hydrogen-bond acceptors (Lipinski definition) is 6. The molecular weight excluding hydrogens is 518 g/mol. The molecule has 2 spiro atoms. The lowest BCUT2D eigenvalue weighted by Crippen LogP contribution is -2.65. The molecule has 3 aliphatic carbocycles. The number of allylic oxidation sites excluding steroid dienone is 1. The van der Waals surface area contributed by atoms with Crippen molar-refractivity contribution < 1.29 is 29.0 Å². The van der Waals surface area contributed by atoms with E-state index in [1.807, 2.05) is 56.0 Å². The first-order valence-corrected chi connectivity index (χ1v) is 14.8. The third-order valence-corrected chi connectivity index (χ3v) is 9.40. The minimum absolute atomic E-state index is 0.0446. The number of nitrogens with zero attached hydrogens (tertiary/aromatic N) is 1. The van der Waals surface area contributed by atoms with E-state index in [0.29, 0.717) is 12.0 Å². The first kappa shape index (κ1) is 27.9. The highest BCUT2D eigenvalue weighted by atomic mass is 16.6. The van der Waals surface area contributed by atoms with Gasteiger partial charge in [0.25, 0.3) is 0 Å². The van der Waals surface area contributed by atoms with Crippen molar-refractivity contribution in [3.8, 4) is 11.1 Å². The van der Waals surface area contributed by atoms with E-state index in [1.54, 1.807) is 12.1 Å². The normalized spacial score (nSPS) is 25.6. The van der Waals surface area contributed by atoms with Crippen LogP contribution < -0.4 is 0 Å². The van der Waals surface area contributed by atoms with Gasteiger partial charge in [0.1, 0.15) is 18.8 Å². The van der Waals surface area contributed by atoms with Gasteiger partial charge in [-0.1, -0.05) is 48.6 Å². The van der Waals surface area contributed by atoms with Gasteiger partial charge in [0.05, 0.1) is 11.6 Å². The smallest absolute Gasteiger partial charge is 0.411 e. The van der Waals surface area contributed by atoms with Crippen molar-refractivity contribution in [1.29, 1.82) is 0 Å². The number of hydrogen-bond donors (Lipinski definition) is 1. The summed E-state index contributed by atoms with van der Waals surface area (Å²) in [7, 11) is 0. The Hall–Kier alpha value is -3.29. The van der Waals surface area contributed by atoms with Crippen molar-refractivity contribution >= 4 is 23.7 Å². The molecule has 1 aliphatic heterocycles. The number of likely N-dealkylation sites (tertiary alicyclic amines) is 1. The highest BCUT2D eigenvalue weighted by Gasteiger charge is 2.68. The fraction of sp³-hybridized carbons (Fsp3) is 0.500. The molecule has 2 aromatic carbocycles. The van der Waals surface area contributed by atoms with Crippen LogP contribution in [0.5, 0.6) is 0 Å². The van der Waals surface area contributed by atoms with E-state index >= 15 is 0 Å². The molecule has 0 aromatic heterocycles. The molecule has 4 aliphatic rings. The van der Waals surface area contributed by atoms with Crippen LogP contribution in [-0.2, 0) is 20.7 Å². The van der Waals surface area contributed by atoms with Crippen molar-refractivity contribution in [1.82, 2.24) is 4.90 Å². The Labute approximate surface area is 241 Å². The number of fused-ring (bicyclic) bond motifs is 1. The van der Waals surface area contributed by atoms with E-state index < -0.39 is 12.2 Å². The van der Waals surface area contributed by atoms with E-state index in [9.17, 15) is 14.4 Å². The number of benzene rings is 2. The average Bonchev–Trinajstić information content (AvgIpc) is 3.62. The summed E-state index contributed by atoms with van der Waals surface area (Å²) in [4.78, 5) is 40.3. The van der Waals surface area contributed by atoms with Crippen molar-refractivity contribution in [2.24, 2.45) is 5.92 Å². The number of rotatable bonds is 7. The third-order valence-electron chi connectivity index (χ3n) is 9.40. The van der Waals surface area contributed by atoms with Gasteiger partial charge in [-0.25, -0.2) is 4.79 Å². The number of Topliss-reactive ketones (excluding diaryl/α,β-unsaturated/α-hetero) is 2. The summed E-state index contributed by atoms with van der Waals surface area (Å²) in [5, 5.41) is 9.07. The fourth-order valence-electron chi connectivity index (χ4n) is 6.91. The summed E-state index contributed by atoms with van der Waals surface area (Å²) in [5.41, 5.74) is 3.71. The summed E-state index contributed by atoms with van der Waals surface area (Å²) in [6.07, 6.45) is 9.90. The predicted octanol–water partition coefficient (Wildman–Crippen LogP) is 5.76. The zero-order valence-electron chi connectivity index (χ0n) is 24.2. The van der Waals surface area contributed by atoms with Gasteiger partial charge in [0.2, 0.25) is 0 Å². The Balaban J connectivity index is 1.09. The number of aliphatic hydroxyl groups excluding tert-OH is 1. The van der Waals surface area contributed by atoms with E-state index in [4.69, 9.17) is 14.6 Å². The molecule has 2 aromatic rings. The molecule has 6 rings (SSSR count). The molecule has 1 saturated heterocycles. The first-order chi connectivity index (χ1) is 19.5. The van der Waals surface area contributed by atoms with Gasteiger partial charge in [-0.05, 0) is 94.0 Å². The van der Waals surface area contributed by atoms with Crippen molar-refractivity contribution in [2.45, 2.75) is 88.5 Å². The molecule has 41 heavy (non-hydrogen) atoms. The van der Waals surface area contributed by atoms with Crippen LogP contribution in [0.15, 0.2) is 48.5 Å². The molecule has 0 radical (unpaired) electrons. The SMILES string of the molecule is CC(C)(C)OC(=O)N1C2(CC2)CCC12CCC2OCC(=O)C1C=Cc2cc(-c3ccc(C(=O)CO)cc3)ccc2C1.